The second-order valence-electron chi connectivity index (χ2n) is 4.82. The maximum Gasteiger partial charge on any atom is 0.416 e. The molecule has 0 atom stereocenters. The van der Waals surface area contributed by atoms with E-state index in [1.807, 2.05) is 19.6 Å². The molecule has 1 aliphatic heterocycles. The number of rotatable bonds is 2. The lowest BCUT2D eigenvalue weighted by Gasteiger charge is -2.42. The van der Waals surface area contributed by atoms with Crippen molar-refractivity contribution in [2.45, 2.75) is 44.3 Å². The SMILES string of the molecule is C[Si](C)(C)OC1(C(F)(F)F)CCSCC1. The van der Waals surface area contributed by atoms with Gasteiger partial charge in [0, 0.05) is 0 Å². The van der Waals surface area contributed by atoms with Crippen LogP contribution in [0.2, 0.25) is 19.6 Å². The molecule has 1 rings (SSSR count). The summed E-state index contributed by atoms with van der Waals surface area (Å²) in [4.78, 5) is 0. The van der Waals surface area contributed by atoms with Crippen LogP contribution in [0.4, 0.5) is 13.2 Å². The standard InChI is InChI=1S/C9H17F3OSSi/c1-15(2,3)13-8(9(10,11)12)4-6-14-7-5-8/h4-7H2,1-3H3. The maximum atomic E-state index is 13.0. The van der Waals surface area contributed by atoms with Crippen LogP contribution >= 0.6 is 11.8 Å². The van der Waals surface area contributed by atoms with Crippen LogP contribution in [0, 0.1) is 0 Å². The van der Waals surface area contributed by atoms with E-state index < -0.39 is 20.1 Å². The molecule has 15 heavy (non-hydrogen) atoms. The highest BCUT2D eigenvalue weighted by molar-refractivity contribution is 7.99. The molecule has 0 unspecified atom stereocenters. The molecule has 1 saturated heterocycles. The van der Waals surface area contributed by atoms with E-state index in [1.54, 1.807) is 11.8 Å². The van der Waals surface area contributed by atoms with Crippen molar-refractivity contribution < 1.29 is 17.6 Å². The molecule has 0 aromatic carbocycles. The molecular formula is C9H17F3OSSi. The van der Waals surface area contributed by atoms with Gasteiger partial charge in [-0.1, -0.05) is 0 Å². The molecule has 0 spiro atoms. The molecule has 0 aliphatic carbocycles. The lowest BCUT2D eigenvalue weighted by Crippen LogP contribution is -2.55. The second kappa shape index (κ2) is 4.29. The molecule has 0 amide bonds. The van der Waals surface area contributed by atoms with Crippen molar-refractivity contribution in [2.24, 2.45) is 0 Å². The number of alkyl halides is 3. The molecule has 0 saturated carbocycles. The Kier molecular flexibility index (Phi) is 3.83. The summed E-state index contributed by atoms with van der Waals surface area (Å²) in [7, 11) is -2.16. The predicted octanol–water partition coefficient (Wildman–Crippen LogP) is 3.67. The zero-order chi connectivity index (χ0) is 11.7. The first-order valence-electron chi connectivity index (χ1n) is 5.01. The van der Waals surface area contributed by atoms with Crippen LogP contribution in [0.5, 0.6) is 0 Å². The van der Waals surface area contributed by atoms with Gasteiger partial charge >= 0.3 is 6.18 Å². The van der Waals surface area contributed by atoms with Crippen LogP contribution in [0.1, 0.15) is 12.8 Å². The van der Waals surface area contributed by atoms with E-state index in [0.29, 0.717) is 11.5 Å². The Morgan fingerprint density at radius 1 is 1.13 bits per heavy atom. The third-order valence-corrected chi connectivity index (χ3v) is 4.31. The van der Waals surface area contributed by atoms with Crippen LogP contribution in [0.3, 0.4) is 0 Å². The van der Waals surface area contributed by atoms with E-state index >= 15 is 0 Å². The summed E-state index contributed by atoms with van der Waals surface area (Å²) in [6, 6.07) is 0. The summed E-state index contributed by atoms with van der Waals surface area (Å²) >= 11 is 1.57. The maximum absolute atomic E-state index is 13.0. The third-order valence-electron chi connectivity index (χ3n) is 2.32. The highest BCUT2D eigenvalue weighted by atomic mass is 32.2. The summed E-state index contributed by atoms with van der Waals surface area (Å²) in [5, 5.41) is 0. The minimum atomic E-state index is -4.23. The molecule has 0 radical (unpaired) electrons. The smallest absolute Gasteiger partial charge is 0.404 e. The fourth-order valence-corrected chi connectivity index (χ4v) is 4.37. The third kappa shape index (κ3) is 3.39. The van der Waals surface area contributed by atoms with Gasteiger partial charge in [-0.2, -0.15) is 24.9 Å². The van der Waals surface area contributed by atoms with Crippen LogP contribution in [-0.4, -0.2) is 31.6 Å². The van der Waals surface area contributed by atoms with Crippen molar-refractivity contribution in [3.8, 4) is 0 Å². The number of thioether (sulfide) groups is 1. The average Bonchev–Trinajstić information content (AvgIpc) is 2.00. The molecule has 0 bridgehead atoms. The first-order chi connectivity index (χ1) is 6.66. The minimum absolute atomic E-state index is 0.103. The fraction of sp³-hybridized carbons (Fsp3) is 1.00. The molecule has 1 nitrogen and oxygen atoms in total. The highest BCUT2D eigenvalue weighted by Crippen LogP contribution is 2.44. The molecule has 0 N–H and O–H groups in total. The minimum Gasteiger partial charge on any atom is -0.404 e. The largest absolute Gasteiger partial charge is 0.416 e. The van der Waals surface area contributed by atoms with Crippen LogP contribution in [-0.2, 0) is 4.43 Å². The van der Waals surface area contributed by atoms with Crippen molar-refractivity contribution in [1.29, 1.82) is 0 Å². The first-order valence-corrected chi connectivity index (χ1v) is 9.57. The van der Waals surface area contributed by atoms with Crippen LogP contribution in [0.15, 0.2) is 0 Å². The number of halogens is 3. The quantitative estimate of drug-likeness (QED) is 0.699. The molecule has 1 heterocycles. The Bertz CT molecular complexity index is 218. The summed E-state index contributed by atoms with van der Waals surface area (Å²) in [5.74, 6) is 1.09. The van der Waals surface area contributed by atoms with Crippen molar-refractivity contribution in [3.63, 3.8) is 0 Å². The van der Waals surface area contributed by atoms with Crippen molar-refractivity contribution in [1.82, 2.24) is 0 Å². The zero-order valence-electron chi connectivity index (χ0n) is 9.28. The van der Waals surface area contributed by atoms with Gasteiger partial charge in [-0.05, 0) is 44.0 Å². The van der Waals surface area contributed by atoms with Gasteiger partial charge in [-0.25, -0.2) is 0 Å². The lowest BCUT2D eigenvalue weighted by molar-refractivity contribution is -0.254. The van der Waals surface area contributed by atoms with Gasteiger partial charge in [0.05, 0.1) is 0 Å². The topological polar surface area (TPSA) is 9.23 Å². The van der Waals surface area contributed by atoms with Gasteiger partial charge in [0.15, 0.2) is 13.9 Å². The van der Waals surface area contributed by atoms with Gasteiger partial charge < -0.3 is 4.43 Å². The monoisotopic (exact) mass is 258 g/mol. The van der Waals surface area contributed by atoms with Gasteiger partial charge in [0.1, 0.15) is 0 Å². The van der Waals surface area contributed by atoms with E-state index in [2.05, 4.69) is 0 Å². The van der Waals surface area contributed by atoms with Crippen molar-refractivity contribution in [2.75, 3.05) is 11.5 Å². The Hall–Kier alpha value is 0.317. The Labute approximate surface area is 93.9 Å². The van der Waals surface area contributed by atoms with E-state index in [4.69, 9.17) is 4.43 Å². The summed E-state index contributed by atoms with van der Waals surface area (Å²) < 4.78 is 44.5. The molecule has 0 aromatic heterocycles. The summed E-state index contributed by atoms with van der Waals surface area (Å²) in [6.07, 6.45) is -4.02. The second-order valence-corrected chi connectivity index (χ2v) is 10.5. The molecule has 90 valence electrons. The van der Waals surface area contributed by atoms with Gasteiger partial charge in [0.25, 0.3) is 0 Å². The van der Waals surface area contributed by atoms with Crippen LogP contribution < -0.4 is 0 Å². The normalized spacial score (nSPS) is 22.8. The fourth-order valence-electron chi connectivity index (χ4n) is 1.73. The molecule has 1 fully saturated rings. The van der Waals surface area contributed by atoms with Crippen molar-refractivity contribution >= 4 is 20.1 Å². The van der Waals surface area contributed by atoms with Gasteiger partial charge in [-0.3, -0.25) is 0 Å². The van der Waals surface area contributed by atoms with E-state index in [0.717, 1.165) is 0 Å². The Morgan fingerprint density at radius 2 is 1.60 bits per heavy atom. The van der Waals surface area contributed by atoms with E-state index in [9.17, 15) is 13.2 Å². The molecule has 6 heteroatoms. The molecular weight excluding hydrogens is 241 g/mol. The zero-order valence-corrected chi connectivity index (χ0v) is 11.1. The highest BCUT2D eigenvalue weighted by Gasteiger charge is 2.57. The first kappa shape index (κ1) is 13.4. The number of hydrogen-bond acceptors (Lipinski definition) is 2. The number of hydrogen-bond donors (Lipinski definition) is 0. The van der Waals surface area contributed by atoms with E-state index in [1.165, 1.54) is 0 Å². The summed E-state index contributed by atoms with van der Waals surface area (Å²) in [6.45, 7) is 5.42. The predicted molar refractivity (Wildman–Crippen MR) is 59.8 cm³/mol. The average molecular weight is 258 g/mol. The van der Waals surface area contributed by atoms with Gasteiger partial charge in [0.2, 0.25) is 0 Å². The Balaban J connectivity index is 2.86. The van der Waals surface area contributed by atoms with Crippen molar-refractivity contribution in [3.05, 3.63) is 0 Å². The van der Waals surface area contributed by atoms with Crippen LogP contribution in [0.25, 0.3) is 0 Å². The molecule has 1 aliphatic rings. The Morgan fingerprint density at radius 3 is 1.93 bits per heavy atom. The molecule has 0 aromatic rings. The lowest BCUT2D eigenvalue weighted by atomic mass is 9.96. The van der Waals surface area contributed by atoms with Gasteiger partial charge in [-0.15, -0.1) is 0 Å². The summed E-state index contributed by atoms with van der Waals surface area (Å²) in [5.41, 5.74) is -1.86. The van der Waals surface area contributed by atoms with E-state index in [-0.39, 0.29) is 12.8 Å².